The lowest BCUT2D eigenvalue weighted by molar-refractivity contribution is 0.730. The van der Waals surface area contributed by atoms with E-state index in [1.807, 2.05) is 36.9 Å². The number of aromatic nitrogens is 2. The van der Waals surface area contributed by atoms with Crippen molar-refractivity contribution in [2.75, 3.05) is 0 Å². The summed E-state index contributed by atoms with van der Waals surface area (Å²) < 4.78 is 0. The first-order valence-electron chi connectivity index (χ1n) is 5.66. The first-order chi connectivity index (χ1) is 7.81. The first kappa shape index (κ1) is 10.8. The van der Waals surface area contributed by atoms with Crippen LogP contribution in [0.1, 0.15) is 31.7 Å². The van der Waals surface area contributed by atoms with Crippen LogP contribution in [0.15, 0.2) is 43.0 Å². The predicted octanol–water partition coefficient (Wildman–Crippen LogP) is 3.66. The van der Waals surface area contributed by atoms with Crippen LogP contribution in [0.25, 0.3) is 11.1 Å². The van der Waals surface area contributed by atoms with Gasteiger partial charge in [-0.15, -0.1) is 0 Å². The third kappa shape index (κ3) is 2.27. The molecule has 0 bridgehead atoms. The van der Waals surface area contributed by atoms with E-state index in [2.05, 4.69) is 29.9 Å². The van der Waals surface area contributed by atoms with Crippen molar-refractivity contribution in [1.82, 2.24) is 9.97 Å². The fourth-order valence-electron chi connectivity index (χ4n) is 1.67. The van der Waals surface area contributed by atoms with Gasteiger partial charge in [0, 0.05) is 30.4 Å². The molecule has 0 fully saturated rings. The molecule has 16 heavy (non-hydrogen) atoms. The zero-order valence-corrected chi connectivity index (χ0v) is 9.72. The number of rotatable bonds is 3. The summed E-state index contributed by atoms with van der Waals surface area (Å²) in [5, 5.41) is 0. The molecule has 0 saturated heterocycles. The van der Waals surface area contributed by atoms with Gasteiger partial charge < -0.3 is 0 Å². The topological polar surface area (TPSA) is 25.8 Å². The Hall–Kier alpha value is -1.70. The van der Waals surface area contributed by atoms with E-state index < -0.39 is 0 Å². The van der Waals surface area contributed by atoms with Crippen LogP contribution in [0.2, 0.25) is 0 Å². The van der Waals surface area contributed by atoms with Gasteiger partial charge in [-0.05, 0) is 41.7 Å². The van der Waals surface area contributed by atoms with Crippen molar-refractivity contribution < 1.29 is 0 Å². The zero-order chi connectivity index (χ0) is 11.4. The minimum absolute atomic E-state index is 0.564. The monoisotopic (exact) mass is 212 g/mol. The van der Waals surface area contributed by atoms with Gasteiger partial charge in [-0.25, -0.2) is 0 Å². The second kappa shape index (κ2) is 4.88. The molecule has 2 nitrogen and oxygen atoms in total. The SMILES string of the molecule is CCC(C)c1cncc(-c2ccncc2)c1. The summed E-state index contributed by atoms with van der Waals surface area (Å²) in [5.41, 5.74) is 3.64. The number of nitrogens with zero attached hydrogens (tertiary/aromatic N) is 2. The van der Waals surface area contributed by atoms with Crippen molar-refractivity contribution in [3.05, 3.63) is 48.5 Å². The molecule has 0 radical (unpaired) electrons. The number of hydrogen-bond donors (Lipinski definition) is 0. The van der Waals surface area contributed by atoms with Crippen molar-refractivity contribution in [1.29, 1.82) is 0 Å². The van der Waals surface area contributed by atoms with Crippen LogP contribution in [-0.4, -0.2) is 9.97 Å². The van der Waals surface area contributed by atoms with Crippen molar-refractivity contribution >= 4 is 0 Å². The summed E-state index contributed by atoms with van der Waals surface area (Å²) >= 11 is 0. The van der Waals surface area contributed by atoms with Crippen molar-refractivity contribution in [2.45, 2.75) is 26.2 Å². The molecule has 2 heterocycles. The van der Waals surface area contributed by atoms with Crippen LogP contribution >= 0.6 is 0 Å². The average Bonchev–Trinajstić information content (AvgIpc) is 2.39. The molecule has 2 aromatic heterocycles. The third-order valence-electron chi connectivity index (χ3n) is 2.95. The third-order valence-corrected chi connectivity index (χ3v) is 2.95. The molecule has 0 aliphatic heterocycles. The standard InChI is InChI=1S/C14H16N2/c1-3-11(2)13-8-14(10-16-9-13)12-4-6-15-7-5-12/h4-11H,3H2,1-2H3. The summed E-state index contributed by atoms with van der Waals surface area (Å²) in [4.78, 5) is 8.33. The second-order valence-electron chi connectivity index (χ2n) is 4.05. The van der Waals surface area contributed by atoms with Crippen LogP contribution in [0.3, 0.4) is 0 Å². The van der Waals surface area contributed by atoms with E-state index in [0.717, 1.165) is 6.42 Å². The number of hydrogen-bond acceptors (Lipinski definition) is 2. The lowest BCUT2D eigenvalue weighted by atomic mass is 9.97. The smallest absolute Gasteiger partial charge is 0.0346 e. The van der Waals surface area contributed by atoms with Gasteiger partial charge >= 0.3 is 0 Å². The van der Waals surface area contributed by atoms with Gasteiger partial charge in [0.15, 0.2) is 0 Å². The molecule has 0 N–H and O–H groups in total. The lowest BCUT2D eigenvalue weighted by Crippen LogP contribution is -1.93. The maximum Gasteiger partial charge on any atom is 0.0346 e. The van der Waals surface area contributed by atoms with Crippen LogP contribution in [0.5, 0.6) is 0 Å². The number of pyridine rings is 2. The Kier molecular flexibility index (Phi) is 3.30. The Morgan fingerprint density at radius 2 is 1.81 bits per heavy atom. The molecule has 1 unspecified atom stereocenters. The molecular weight excluding hydrogens is 196 g/mol. The fourth-order valence-corrected chi connectivity index (χ4v) is 1.67. The van der Waals surface area contributed by atoms with Crippen molar-refractivity contribution in [3.63, 3.8) is 0 Å². The normalized spacial score (nSPS) is 12.4. The molecule has 0 aliphatic rings. The highest BCUT2D eigenvalue weighted by atomic mass is 14.6. The van der Waals surface area contributed by atoms with Crippen molar-refractivity contribution in [2.24, 2.45) is 0 Å². The largest absolute Gasteiger partial charge is 0.265 e. The van der Waals surface area contributed by atoms with Crippen LogP contribution < -0.4 is 0 Å². The van der Waals surface area contributed by atoms with E-state index in [0.29, 0.717) is 5.92 Å². The molecule has 0 aliphatic carbocycles. The Balaban J connectivity index is 2.36. The summed E-state index contributed by atoms with van der Waals surface area (Å²) in [6.07, 6.45) is 8.62. The molecular formula is C14H16N2. The maximum atomic E-state index is 4.31. The highest BCUT2D eigenvalue weighted by Gasteiger charge is 2.05. The molecule has 82 valence electrons. The van der Waals surface area contributed by atoms with E-state index in [4.69, 9.17) is 0 Å². The summed E-state index contributed by atoms with van der Waals surface area (Å²) in [7, 11) is 0. The van der Waals surface area contributed by atoms with Crippen LogP contribution in [0, 0.1) is 0 Å². The van der Waals surface area contributed by atoms with E-state index in [-0.39, 0.29) is 0 Å². The second-order valence-corrected chi connectivity index (χ2v) is 4.05. The van der Waals surface area contributed by atoms with Crippen LogP contribution in [0.4, 0.5) is 0 Å². The highest BCUT2D eigenvalue weighted by molar-refractivity contribution is 5.62. The lowest BCUT2D eigenvalue weighted by Gasteiger charge is -2.09. The van der Waals surface area contributed by atoms with Gasteiger partial charge in [0.05, 0.1) is 0 Å². The molecule has 0 spiro atoms. The Morgan fingerprint density at radius 1 is 1.06 bits per heavy atom. The zero-order valence-electron chi connectivity index (χ0n) is 9.72. The highest BCUT2D eigenvalue weighted by Crippen LogP contribution is 2.23. The van der Waals surface area contributed by atoms with E-state index in [1.165, 1.54) is 16.7 Å². The quantitative estimate of drug-likeness (QED) is 0.776. The molecule has 2 aromatic rings. The maximum absolute atomic E-state index is 4.31. The fraction of sp³-hybridized carbons (Fsp3) is 0.286. The molecule has 0 saturated carbocycles. The van der Waals surface area contributed by atoms with E-state index in [9.17, 15) is 0 Å². The van der Waals surface area contributed by atoms with E-state index in [1.54, 1.807) is 0 Å². The minimum Gasteiger partial charge on any atom is -0.265 e. The van der Waals surface area contributed by atoms with Crippen LogP contribution in [-0.2, 0) is 0 Å². The molecule has 2 rings (SSSR count). The predicted molar refractivity (Wildman–Crippen MR) is 66.2 cm³/mol. The Bertz CT molecular complexity index is 451. The summed E-state index contributed by atoms with van der Waals surface area (Å²) in [6, 6.07) is 6.24. The van der Waals surface area contributed by atoms with Gasteiger partial charge in [-0.2, -0.15) is 0 Å². The van der Waals surface area contributed by atoms with Gasteiger partial charge in [-0.1, -0.05) is 13.8 Å². The Labute approximate surface area is 96.4 Å². The van der Waals surface area contributed by atoms with Gasteiger partial charge in [0.2, 0.25) is 0 Å². The minimum atomic E-state index is 0.564. The van der Waals surface area contributed by atoms with Gasteiger partial charge in [-0.3, -0.25) is 9.97 Å². The molecule has 1 atom stereocenters. The molecule has 0 amide bonds. The molecule has 0 aromatic carbocycles. The average molecular weight is 212 g/mol. The first-order valence-corrected chi connectivity index (χ1v) is 5.66. The summed E-state index contributed by atoms with van der Waals surface area (Å²) in [5.74, 6) is 0.564. The Morgan fingerprint density at radius 3 is 2.50 bits per heavy atom. The summed E-state index contributed by atoms with van der Waals surface area (Å²) in [6.45, 7) is 4.43. The van der Waals surface area contributed by atoms with Crippen molar-refractivity contribution in [3.8, 4) is 11.1 Å². The van der Waals surface area contributed by atoms with E-state index >= 15 is 0 Å². The molecule has 2 heteroatoms. The van der Waals surface area contributed by atoms with Gasteiger partial charge in [0.1, 0.15) is 0 Å². The van der Waals surface area contributed by atoms with Gasteiger partial charge in [0.25, 0.3) is 0 Å².